The normalized spacial score (nSPS) is 14.2. The number of carbonyl (C=O) groups is 3. The molecule has 0 unspecified atom stereocenters. The summed E-state index contributed by atoms with van der Waals surface area (Å²) in [6.07, 6.45) is 1.58. The molecule has 1 saturated heterocycles. The largest absolute Gasteiger partial charge is 0.493 e. The maximum atomic E-state index is 12.9. The summed E-state index contributed by atoms with van der Waals surface area (Å²) in [5.41, 5.74) is 3.72. The van der Waals surface area contributed by atoms with Gasteiger partial charge in [-0.25, -0.2) is 9.59 Å². The lowest BCUT2D eigenvalue weighted by Gasteiger charge is -2.14. The lowest BCUT2D eigenvalue weighted by Crippen LogP contribution is -2.30. The molecule has 8 nitrogen and oxygen atoms in total. The van der Waals surface area contributed by atoms with Crippen molar-refractivity contribution in [3.63, 3.8) is 0 Å². The van der Waals surface area contributed by atoms with Crippen LogP contribution in [0.15, 0.2) is 70.8 Å². The maximum absolute atomic E-state index is 12.9. The van der Waals surface area contributed by atoms with E-state index in [0.29, 0.717) is 21.5 Å². The molecule has 9 heteroatoms. The van der Waals surface area contributed by atoms with Crippen molar-refractivity contribution in [1.29, 1.82) is 0 Å². The Morgan fingerprint density at radius 1 is 1.06 bits per heavy atom. The molecule has 0 bridgehead atoms. The molecule has 4 rings (SSSR count). The average molecular weight is 551 g/mol. The smallest absolute Gasteiger partial charge is 0.335 e. The number of halogens is 1. The zero-order chi connectivity index (χ0) is 25.8. The van der Waals surface area contributed by atoms with Crippen LogP contribution in [0.4, 0.5) is 4.79 Å². The molecule has 3 amide bonds. The van der Waals surface area contributed by atoms with Gasteiger partial charge in [-0.3, -0.25) is 9.69 Å². The van der Waals surface area contributed by atoms with Crippen LogP contribution < -0.4 is 14.8 Å². The number of ether oxygens (including phenoxy) is 2. The second-order valence-corrected chi connectivity index (χ2v) is 9.04. The molecule has 2 N–H and O–H groups in total. The van der Waals surface area contributed by atoms with Crippen molar-refractivity contribution in [2.45, 2.75) is 20.1 Å². The fourth-order valence-electron chi connectivity index (χ4n) is 3.62. The number of urea groups is 1. The Kier molecular flexibility index (Phi) is 7.40. The molecule has 0 saturated carbocycles. The highest BCUT2D eigenvalue weighted by Crippen LogP contribution is 2.38. The van der Waals surface area contributed by atoms with Crippen LogP contribution >= 0.6 is 15.9 Å². The average Bonchev–Trinajstić information content (AvgIpc) is 3.11. The third-order valence-corrected chi connectivity index (χ3v) is 6.16. The van der Waals surface area contributed by atoms with Gasteiger partial charge in [0.2, 0.25) is 0 Å². The van der Waals surface area contributed by atoms with Gasteiger partial charge in [0.1, 0.15) is 12.3 Å². The molecular formula is C27H23BrN2O6. The number of amides is 3. The Morgan fingerprint density at radius 2 is 1.72 bits per heavy atom. The summed E-state index contributed by atoms with van der Waals surface area (Å²) in [4.78, 5) is 37.5. The second-order valence-electron chi connectivity index (χ2n) is 8.19. The van der Waals surface area contributed by atoms with Crippen LogP contribution in [0.3, 0.4) is 0 Å². The van der Waals surface area contributed by atoms with Crippen LogP contribution in [0.1, 0.15) is 32.6 Å². The molecule has 36 heavy (non-hydrogen) atoms. The molecule has 0 radical (unpaired) electrons. The van der Waals surface area contributed by atoms with E-state index in [1.807, 2.05) is 31.2 Å². The molecule has 1 aliphatic rings. The number of carboxylic acids is 1. The van der Waals surface area contributed by atoms with Crippen molar-refractivity contribution in [2.75, 3.05) is 7.11 Å². The molecule has 3 aromatic carbocycles. The monoisotopic (exact) mass is 550 g/mol. The van der Waals surface area contributed by atoms with Gasteiger partial charge in [-0.15, -0.1) is 0 Å². The molecular weight excluding hydrogens is 528 g/mol. The summed E-state index contributed by atoms with van der Waals surface area (Å²) < 4.78 is 12.0. The van der Waals surface area contributed by atoms with E-state index < -0.39 is 17.9 Å². The molecule has 1 heterocycles. The van der Waals surface area contributed by atoms with Crippen molar-refractivity contribution in [3.05, 3.63) is 98.7 Å². The predicted octanol–water partition coefficient (Wildman–Crippen LogP) is 5.14. The lowest BCUT2D eigenvalue weighted by molar-refractivity contribution is -0.123. The lowest BCUT2D eigenvalue weighted by atomic mass is 10.1. The number of imide groups is 1. The number of carboxylic acid groups (broad SMARTS) is 1. The van der Waals surface area contributed by atoms with E-state index in [2.05, 4.69) is 21.2 Å². The topological polar surface area (TPSA) is 105 Å². The van der Waals surface area contributed by atoms with Crippen molar-refractivity contribution in [3.8, 4) is 11.5 Å². The summed E-state index contributed by atoms with van der Waals surface area (Å²) in [6.45, 7) is 2.34. The molecule has 0 spiro atoms. The summed E-state index contributed by atoms with van der Waals surface area (Å²) in [7, 11) is 1.50. The van der Waals surface area contributed by atoms with Gasteiger partial charge in [0, 0.05) is 0 Å². The highest BCUT2D eigenvalue weighted by Gasteiger charge is 2.33. The molecule has 3 aromatic rings. The first kappa shape index (κ1) is 25.0. The zero-order valence-electron chi connectivity index (χ0n) is 19.6. The van der Waals surface area contributed by atoms with E-state index >= 15 is 0 Å². The number of rotatable bonds is 8. The van der Waals surface area contributed by atoms with E-state index in [0.717, 1.165) is 21.6 Å². The van der Waals surface area contributed by atoms with E-state index in [1.165, 1.54) is 19.2 Å². The number of hydrogen-bond acceptors (Lipinski definition) is 5. The summed E-state index contributed by atoms with van der Waals surface area (Å²) in [5, 5.41) is 11.7. The van der Waals surface area contributed by atoms with Gasteiger partial charge in [-0.2, -0.15) is 0 Å². The highest BCUT2D eigenvalue weighted by molar-refractivity contribution is 9.10. The Hall–Kier alpha value is -4.11. The van der Waals surface area contributed by atoms with E-state index in [-0.39, 0.29) is 24.4 Å². The van der Waals surface area contributed by atoms with Gasteiger partial charge in [-0.1, -0.05) is 42.0 Å². The minimum Gasteiger partial charge on any atom is -0.493 e. The van der Waals surface area contributed by atoms with E-state index in [9.17, 15) is 14.4 Å². The third kappa shape index (κ3) is 5.58. The van der Waals surface area contributed by atoms with Crippen molar-refractivity contribution >= 4 is 39.9 Å². The Balaban J connectivity index is 1.50. The first-order valence-electron chi connectivity index (χ1n) is 11.0. The first-order chi connectivity index (χ1) is 17.2. The summed E-state index contributed by atoms with van der Waals surface area (Å²) in [5.74, 6) is -0.538. The summed E-state index contributed by atoms with van der Waals surface area (Å²) >= 11 is 3.49. The predicted molar refractivity (Wildman–Crippen MR) is 137 cm³/mol. The van der Waals surface area contributed by atoms with Crippen LogP contribution in [-0.4, -0.2) is 35.0 Å². The number of carbonyl (C=O) groups excluding carboxylic acids is 2. The summed E-state index contributed by atoms with van der Waals surface area (Å²) in [6, 6.07) is 17.0. The fourth-order valence-corrected chi connectivity index (χ4v) is 4.19. The Bertz CT molecular complexity index is 1350. The maximum Gasteiger partial charge on any atom is 0.335 e. The molecule has 184 valence electrons. The SMILES string of the molecule is COc1cc(/C=C2/NC(=O)N(Cc3ccc(C)cc3)C2=O)cc(Br)c1OCc1ccc(C(=O)O)cc1. The number of nitrogens with one attached hydrogen (secondary N) is 1. The van der Waals surface area contributed by atoms with Gasteiger partial charge < -0.3 is 19.9 Å². The molecule has 1 fully saturated rings. The van der Waals surface area contributed by atoms with Gasteiger partial charge in [0.05, 0.1) is 23.7 Å². The molecule has 0 aromatic heterocycles. The van der Waals surface area contributed by atoms with Crippen molar-refractivity contribution < 1.29 is 29.0 Å². The van der Waals surface area contributed by atoms with Crippen LogP contribution in [0.2, 0.25) is 0 Å². The van der Waals surface area contributed by atoms with Crippen LogP contribution in [0.25, 0.3) is 6.08 Å². The van der Waals surface area contributed by atoms with Crippen molar-refractivity contribution in [1.82, 2.24) is 10.2 Å². The minimum atomic E-state index is -0.994. The molecule has 1 aliphatic heterocycles. The van der Waals surface area contributed by atoms with Gasteiger partial charge in [0.15, 0.2) is 11.5 Å². The minimum absolute atomic E-state index is 0.160. The molecule has 0 aliphatic carbocycles. The number of nitrogens with zero attached hydrogens (tertiary/aromatic N) is 1. The van der Waals surface area contributed by atoms with Crippen LogP contribution in [0, 0.1) is 6.92 Å². The Morgan fingerprint density at radius 3 is 2.36 bits per heavy atom. The number of aryl methyl sites for hydroxylation is 1. The highest BCUT2D eigenvalue weighted by atomic mass is 79.9. The number of benzene rings is 3. The van der Waals surface area contributed by atoms with Gasteiger partial charge in [0.25, 0.3) is 5.91 Å². The zero-order valence-corrected chi connectivity index (χ0v) is 21.2. The third-order valence-electron chi connectivity index (χ3n) is 5.57. The Labute approximate surface area is 216 Å². The fraction of sp³-hybridized carbons (Fsp3) is 0.148. The van der Waals surface area contributed by atoms with E-state index in [4.69, 9.17) is 14.6 Å². The van der Waals surface area contributed by atoms with Crippen LogP contribution in [-0.2, 0) is 17.9 Å². The van der Waals surface area contributed by atoms with Gasteiger partial charge in [-0.05, 0) is 69.9 Å². The number of aromatic carboxylic acids is 1. The van der Waals surface area contributed by atoms with Crippen LogP contribution in [0.5, 0.6) is 11.5 Å². The van der Waals surface area contributed by atoms with Crippen molar-refractivity contribution in [2.24, 2.45) is 0 Å². The number of hydrogen-bond donors (Lipinski definition) is 2. The second kappa shape index (κ2) is 10.7. The first-order valence-corrected chi connectivity index (χ1v) is 11.8. The number of methoxy groups -OCH3 is 1. The quantitative estimate of drug-likeness (QED) is 0.297. The molecule has 0 atom stereocenters. The standard InChI is InChI=1S/C27H23BrN2O6/c1-16-3-5-17(6-4-16)14-30-25(31)22(29-27(30)34)12-19-11-21(28)24(23(13-19)35-2)36-15-18-7-9-20(10-8-18)26(32)33/h3-13H,14-15H2,1-2H3,(H,29,34)(H,32,33)/b22-12+. The van der Waals surface area contributed by atoms with Gasteiger partial charge >= 0.3 is 12.0 Å². The van der Waals surface area contributed by atoms with E-state index in [1.54, 1.807) is 30.3 Å².